The number of thiophene rings is 1. The highest BCUT2D eigenvalue weighted by atomic mass is 32.1. The summed E-state index contributed by atoms with van der Waals surface area (Å²) in [6, 6.07) is 2.45. The van der Waals surface area contributed by atoms with Crippen LogP contribution in [-0.2, 0) is 14.3 Å². The molecule has 1 rings (SSSR count). The van der Waals surface area contributed by atoms with E-state index in [9.17, 15) is 14.4 Å². The number of rotatable bonds is 9. The molecule has 21 heavy (non-hydrogen) atoms. The summed E-state index contributed by atoms with van der Waals surface area (Å²) in [5.74, 6) is -1.70. The summed E-state index contributed by atoms with van der Waals surface area (Å²) in [5, 5.41) is 15.7. The SMILES string of the molecule is COCC(NC(=O)CCCNC(=O)c1cccs1)C(=O)O. The summed E-state index contributed by atoms with van der Waals surface area (Å²) >= 11 is 1.34. The Kier molecular flexibility index (Phi) is 7.41. The fourth-order valence-corrected chi connectivity index (χ4v) is 2.19. The number of aliphatic carboxylic acids is 1. The molecular weight excluding hydrogens is 296 g/mol. The van der Waals surface area contributed by atoms with Gasteiger partial charge in [-0.15, -0.1) is 11.3 Å². The zero-order valence-corrected chi connectivity index (χ0v) is 12.4. The van der Waals surface area contributed by atoms with Crippen molar-refractivity contribution in [3.8, 4) is 0 Å². The Labute approximate surface area is 126 Å². The van der Waals surface area contributed by atoms with Crippen molar-refractivity contribution in [2.45, 2.75) is 18.9 Å². The van der Waals surface area contributed by atoms with Crippen LogP contribution in [-0.4, -0.2) is 49.2 Å². The molecule has 0 aromatic carbocycles. The zero-order chi connectivity index (χ0) is 15.7. The topological polar surface area (TPSA) is 105 Å². The van der Waals surface area contributed by atoms with E-state index in [1.54, 1.807) is 12.1 Å². The maximum Gasteiger partial charge on any atom is 0.328 e. The van der Waals surface area contributed by atoms with Crippen LogP contribution in [0.1, 0.15) is 22.5 Å². The van der Waals surface area contributed by atoms with Gasteiger partial charge in [-0.25, -0.2) is 4.79 Å². The number of ether oxygens (including phenoxy) is 1. The molecule has 7 nitrogen and oxygen atoms in total. The average Bonchev–Trinajstić information content (AvgIpc) is 2.97. The summed E-state index contributed by atoms with van der Waals surface area (Å²) in [4.78, 5) is 34.6. The molecule has 0 aliphatic heterocycles. The molecule has 2 amide bonds. The predicted molar refractivity (Wildman–Crippen MR) is 77.3 cm³/mol. The van der Waals surface area contributed by atoms with Gasteiger partial charge in [0.05, 0.1) is 11.5 Å². The van der Waals surface area contributed by atoms with Gasteiger partial charge in [-0.2, -0.15) is 0 Å². The van der Waals surface area contributed by atoms with Crippen molar-refractivity contribution in [2.24, 2.45) is 0 Å². The van der Waals surface area contributed by atoms with Gasteiger partial charge in [0.25, 0.3) is 5.91 Å². The summed E-state index contributed by atoms with van der Waals surface area (Å²) in [6.07, 6.45) is 0.570. The first-order chi connectivity index (χ1) is 10.0. The van der Waals surface area contributed by atoms with E-state index in [0.717, 1.165) is 0 Å². The molecular formula is C13H18N2O5S. The van der Waals surface area contributed by atoms with Gasteiger partial charge in [0.2, 0.25) is 5.91 Å². The van der Waals surface area contributed by atoms with E-state index in [2.05, 4.69) is 10.6 Å². The third kappa shape index (κ3) is 6.37. The number of nitrogens with one attached hydrogen (secondary N) is 2. The molecule has 1 aromatic rings. The number of hydrogen-bond acceptors (Lipinski definition) is 5. The predicted octanol–water partition coefficient (Wildman–Crippen LogP) is 0.474. The summed E-state index contributed by atoms with van der Waals surface area (Å²) in [5.41, 5.74) is 0. The number of methoxy groups -OCH3 is 1. The van der Waals surface area contributed by atoms with E-state index < -0.39 is 12.0 Å². The molecule has 116 valence electrons. The van der Waals surface area contributed by atoms with E-state index >= 15 is 0 Å². The van der Waals surface area contributed by atoms with Gasteiger partial charge in [0.1, 0.15) is 0 Å². The molecule has 0 aliphatic rings. The standard InChI is InChI=1S/C13H18N2O5S/c1-20-8-9(13(18)19)15-11(16)5-2-6-14-12(17)10-4-3-7-21-10/h3-4,7,9H,2,5-6,8H2,1H3,(H,14,17)(H,15,16)(H,18,19). The Morgan fingerprint density at radius 1 is 1.43 bits per heavy atom. The minimum Gasteiger partial charge on any atom is -0.480 e. The number of carboxylic acid groups (broad SMARTS) is 1. The van der Waals surface area contributed by atoms with Crippen LogP contribution in [0.2, 0.25) is 0 Å². The third-order valence-electron chi connectivity index (χ3n) is 2.58. The van der Waals surface area contributed by atoms with Gasteiger partial charge < -0.3 is 20.5 Å². The lowest BCUT2D eigenvalue weighted by molar-refractivity contribution is -0.143. The van der Waals surface area contributed by atoms with Crippen molar-refractivity contribution in [2.75, 3.05) is 20.3 Å². The van der Waals surface area contributed by atoms with Crippen molar-refractivity contribution < 1.29 is 24.2 Å². The van der Waals surface area contributed by atoms with E-state index in [1.165, 1.54) is 18.4 Å². The molecule has 0 saturated heterocycles. The molecule has 0 aliphatic carbocycles. The number of carbonyl (C=O) groups is 3. The normalized spacial score (nSPS) is 11.7. The highest BCUT2D eigenvalue weighted by Gasteiger charge is 2.19. The summed E-state index contributed by atoms with van der Waals surface area (Å²) in [6.45, 7) is 0.266. The Balaban J connectivity index is 2.21. The minimum absolute atomic E-state index is 0.0871. The molecule has 0 spiro atoms. The molecule has 0 radical (unpaired) electrons. The van der Waals surface area contributed by atoms with Crippen molar-refractivity contribution in [3.05, 3.63) is 22.4 Å². The van der Waals surface area contributed by atoms with E-state index in [1.807, 2.05) is 5.38 Å². The van der Waals surface area contributed by atoms with Crippen LogP contribution in [0, 0.1) is 0 Å². The van der Waals surface area contributed by atoms with Crippen molar-refractivity contribution >= 4 is 29.1 Å². The third-order valence-corrected chi connectivity index (χ3v) is 3.45. The number of carboxylic acids is 1. The first kappa shape index (κ1) is 17.1. The Morgan fingerprint density at radius 3 is 2.76 bits per heavy atom. The second-order valence-corrected chi connectivity index (χ2v) is 5.20. The van der Waals surface area contributed by atoms with Gasteiger partial charge in [-0.3, -0.25) is 9.59 Å². The monoisotopic (exact) mass is 314 g/mol. The molecule has 0 fully saturated rings. The van der Waals surface area contributed by atoms with E-state index in [-0.39, 0.29) is 24.8 Å². The quantitative estimate of drug-likeness (QED) is 0.575. The molecule has 1 atom stereocenters. The Morgan fingerprint density at radius 2 is 2.19 bits per heavy atom. The van der Waals surface area contributed by atoms with Crippen LogP contribution in [0.5, 0.6) is 0 Å². The van der Waals surface area contributed by atoms with Crippen LogP contribution in [0.3, 0.4) is 0 Å². The zero-order valence-electron chi connectivity index (χ0n) is 11.6. The molecule has 1 aromatic heterocycles. The average molecular weight is 314 g/mol. The first-order valence-electron chi connectivity index (χ1n) is 6.37. The smallest absolute Gasteiger partial charge is 0.328 e. The van der Waals surface area contributed by atoms with Crippen molar-refractivity contribution in [3.63, 3.8) is 0 Å². The Hall–Kier alpha value is -1.93. The van der Waals surface area contributed by atoms with Crippen LogP contribution in [0.4, 0.5) is 0 Å². The largest absolute Gasteiger partial charge is 0.480 e. The lowest BCUT2D eigenvalue weighted by Gasteiger charge is -2.13. The molecule has 1 unspecified atom stereocenters. The van der Waals surface area contributed by atoms with Gasteiger partial charge >= 0.3 is 5.97 Å². The maximum absolute atomic E-state index is 11.6. The van der Waals surface area contributed by atoms with Gasteiger partial charge in [0, 0.05) is 20.1 Å². The van der Waals surface area contributed by atoms with Gasteiger partial charge in [0.15, 0.2) is 6.04 Å². The van der Waals surface area contributed by atoms with Crippen molar-refractivity contribution in [1.82, 2.24) is 10.6 Å². The second kappa shape index (κ2) is 9.09. The number of carbonyl (C=O) groups excluding carboxylic acids is 2. The number of amides is 2. The molecule has 0 bridgehead atoms. The molecule has 8 heteroatoms. The lowest BCUT2D eigenvalue weighted by atomic mass is 10.2. The van der Waals surface area contributed by atoms with Crippen molar-refractivity contribution in [1.29, 1.82) is 0 Å². The van der Waals surface area contributed by atoms with E-state index in [4.69, 9.17) is 9.84 Å². The molecule has 0 saturated carbocycles. The second-order valence-electron chi connectivity index (χ2n) is 4.25. The van der Waals surface area contributed by atoms with Crippen LogP contribution in [0.25, 0.3) is 0 Å². The highest BCUT2D eigenvalue weighted by Crippen LogP contribution is 2.07. The van der Waals surface area contributed by atoms with Crippen LogP contribution >= 0.6 is 11.3 Å². The van der Waals surface area contributed by atoms with E-state index in [0.29, 0.717) is 17.8 Å². The van der Waals surface area contributed by atoms with Gasteiger partial charge in [-0.1, -0.05) is 6.07 Å². The molecule has 1 heterocycles. The van der Waals surface area contributed by atoms with Gasteiger partial charge in [-0.05, 0) is 17.9 Å². The maximum atomic E-state index is 11.6. The highest BCUT2D eigenvalue weighted by molar-refractivity contribution is 7.12. The fraction of sp³-hybridized carbons (Fsp3) is 0.462. The number of hydrogen-bond donors (Lipinski definition) is 3. The lowest BCUT2D eigenvalue weighted by Crippen LogP contribution is -2.43. The minimum atomic E-state index is -1.14. The van der Waals surface area contributed by atoms with Crippen LogP contribution in [0.15, 0.2) is 17.5 Å². The first-order valence-corrected chi connectivity index (χ1v) is 7.25. The fourth-order valence-electron chi connectivity index (χ4n) is 1.55. The molecule has 3 N–H and O–H groups in total. The summed E-state index contributed by atoms with van der Waals surface area (Å²) < 4.78 is 4.71. The Bertz CT molecular complexity index is 475. The summed E-state index contributed by atoms with van der Waals surface area (Å²) in [7, 11) is 1.36. The van der Waals surface area contributed by atoms with Crippen LogP contribution < -0.4 is 10.6 Å².